The fourth-order valence-corrected chi connectivity index (χ4v) is 2.52. The topological polar surface area (TPSA) is 17.3 Å². The number of aromatic nitrogens is 2. The Morgan fingerprint density at radius 3 is 2.67 bits per heavy atom. The molecular weight excluding hydrogens is 288 g/mol. The van der Waals surface area contributed by atoms with Crippen molar-refractivity contribution < 1.29 is 0 Å². The second-order valence-electron chi connectivity index (χ2n) is 4.38. The number of hydrogen-bond donors (Lipinski definition) is 0. The van der Waals surface area contributed by atoms with Gasteiger partial charge in [-0.3, -0.25) is 0 Å². The van der Waals surface area contributed by atoms with Crippen molar-refractivity contribution in [2.24, 2.45) is 0 Å². The molecule has 2 heterocycles. The van der Waals surface area contributed by atoms with Crippen LogP contribution in [-0.4, -0.2) is 9.38 Å². The van der Waals surface area contributed by atoms with Gasteiger partial charge in [0.2, 0.25) is 0 Å². The maximum Gasteiger partial charge on any atom is 0.137 e. The first-order chi connectivity index (χ1) is 8.74. The maximum absolute atomic E-state index is 4.59. The summed E-state index contributed by atoms with van der Waals surface area (Å²) in [6, 6.07) is 14.5. The molecule has 1 aromatic carbocycles. The summed E-state index contributed by atoms with van der Waals surface area (Å²) in [5, 5.41) is 0. The molecule has 0 aliphatic carbocycles. The van der Waals surface area contributed by atoms with E-state index in [1.165, 1.54) is 11.3 Å². The van der Waals surface area contributed by atoms with E-state index in [1.807, 2.05) is 18.2 Å². The predicted molar refractivity (Wildman–Crippen MR) is 76.9 cm³/mol. The molecule has 0 saturated heterocycles. The molecule has 0 bridgehead atoms. The molecule has 0 aliphatic heterocycles. The Balaban J connectivity index is 2.11. The summed E-state index contributed by atoms with van der Waals surface area (Å²) in [7, 11) is 0. The number of hydrogen-bond acceptors (Lipinski definition) is 1. The second-order valence-corrected chi connectivity index (χ2v) is 5.30. The first kappa shape index (κ1) is 11.5. The Labute approximate surface area is 114 Å². The van der Waals surface area contributed by atoms with E-state index in [4.69, 9.17) is 0 Å². The number of nitrogens with zero attached hydrogens (tertiary/aromatic N) is 2. The minimum absolute atomic E-state index is 0.907. The van der Waals surface area contributed by atoms with E-state index >= 15 is 0 Å². The summed E-state index contributed by atoms with van der Waals surface area (Å²) in [5.41, 5.74) is 4.65. The smallest absolute Gasteiger partial charge is 0.137 e. The number of pyridine rings is 1. The Morgan fingerprint density at radius 2 is 1.89 bits per heavy atom. The first-order valence-electron chi connectivity index (χ1n) is 5.91. The summed E-state index contributed by atoms with van der Waals surface area (Å²) in [4.78, 5) is 4.59. The van der Waals surface area contributed by atoms with Crippen molar-refractivity contribution >= 4 is 21.6 Å². The summed E-state index contributed by atoms with van der Waals surface area (Å²) in [5.74, 6) is 0. The number of fused-ring (bicyclic) bond motifs is 1. The van der Waals surface area contributed by atoms with E-state index in [9.17, 15) is 0 Å². The molecule has 3 heteroatoms. The quantitative estimate of drug-likeness (QED) is 0.699. The van der Waals surface area contributed by atoms with Crippen LogP contribution in [0.15, 0.2) is 53.1 Å². The van der Waals surface area contributed by atoms with Crippen LogP contribution in [0.3, 0.4) is 0 Å². The zero-order valence-corrected chi connectivity index (χ0v) is 11.7. The Bertz CT molecular complexity index is 686. The number of aryl methyl sites for hydroxylation is 1. The third kappa shape index (κ3) is 2.06. The fraction of sp³-hybridized carbons (Fsp3) is 0.133. The van der Waals surface area contributed by atoms with Crippen LogP contribution in [0.1, 0.15) is 17.0 Å². The third-order valence-corrected chi connectivity index (χ3v) is 3.57. The van der Waals surface area contributed by atoms with E-state index in [-0.39, 0.29) is 0 Å². The summed E-state index contributed by atoms with van der Waals surface area (Å²) in [6.45, 7) is 2.07. The van der Waals surface area contributed by atoms with E-state index < -0.39 is 0 Å². The van der Waals surface area contributed by atoms with Crippen LogP contribution in [0.25, 0.3) is 5.65 Å². The lowest BCUT2D eigenvalue weighted by molar-refractivity contribution is 1.00. The first-order valence-corrected chi connectivity index (χ1v) is 6.70. The molecule has 0 amide bonds. The maximum atomic E-state index is 4.59. The predicted octanol–water partition coefficient (Wildman–Crippen LogP) is 4.00. The minimum Gasteiger partial charge on any atom is -0.302 e. The standard InChI is InChI=1S/C15H13BrN2/c1-11-14(9-12-5-3-2-4-6-12)18-10-13(16)7-8-15(18)17-11/h2-8,10H,9H2,1H3. The molecule has 0 saturated carbocycles. The van der Waals surface area contributed by atoms with E-state index in [2.05, 4.69) is 62.7 Å². The van der Waals surface area contributed by atoms with Gasteiger partial charge in [0, 0.05) is 22.8 Å². The molecule has 90 valence electrons. The molecule has 0 fully saturated rings. The van der Waals surface area contributed by atoms with E-state index in [1.54, 1.807) is 0 Å². The second kappa shape index (κ2) is 4.58. The van der Waals surface area contributed by atoms with Crippen molar-refractivity contribution in [1.82, 2.24) is 9.38 Å². The highest BCUT2D eigenvalue weighted by Crippen LogP contribution is 2.19. The van der Waals surface area contributed by atoms with E-state index in [0.717, 1.165) is 22.2 Å². The Morgan fingerprint density at radius 1 is 1.11 bits per heavy atom. The average molecular weight is 301 g/mol. The van der Waals surface area contributed by atoms with Gasteiger partial charge in [-0.05, 0) is 40.5 Å². The molecule has 3 aromatic rings. The fourth-order valence-electron chi connectivity index (χ4n) is 2.19. The minimum atomic E-state index is 0.907. The lowest BCUT2D eigenvalue weighted by Crippen LogP contribution is -1.96. The van der Waals surface area contributed by atoms with Crippen molar-refractivity contribution in [3.63, 3.8) is 0 Å². The monoisotopic (exact) mass is 300 g/mol. The van der Waals surface area contributed by atoms with Crippen LogP contribution in [0.4, 0.5) is 0 Å². The van der Waals surface area contributed by atoms with Gasteiger partial charge < -0.3 is 4.40 Å². The highest BCUT2D eigenvalue weighted by molar-refractivity contribution is 9.10. The van der Waals surface area contributed by atoms with Crippen molar-refractivity contribution in [2.45, 2.75) is 13.3 Å². The van der Waals surface area contributed by atoms with Gasteiger partial charge in [-0.25, -0.2) is 4.98 Å². The van der Waals surface area contributed by atoms with Crippen molar-refractivity contribution in [2.75, 3.05) is 0 Å². The zero-order chi connectivity index (χ0) is 12.5. The number of imidazole rings is 1. The molecule has 0 radical (unpaired) electrons. The summed E-state index contributed by atoms with van der Waals surface area (Å²) < 4.78 is 3.23. The zero-order valence-electron chi connectivity index (χ0n) is 10.1. The van der Waals surface area contributed by atoms with Gasteiger partial charge in [0.05, 0.1) is 5.69 Å². The van der Waals surface area contributed by atoms with Crippen LogP contribution in [0, 0.1) is 6.92 Å². The van der Waals surface area contributed by atoms with Gasteiger partial charge in [-0.1, -0.05) is 30.3 Å². The van der Waals surface area contributed by atoms with Crippen LogP contribution >= 0.6 is 15.9 Å². The Hall–Kier alpha value is -1.61. The van der Waals surface area contributed by atoms with Gasteiger partial charge in [0.1, 0.15) is 5.65 Å². The van der Waals surface area contributed by atoms with Gasteiger partial charge in [-0.15, -0.1) is 0 Å². The van der Waals surface area contributed by atoms with Crippen molar-refractivity contribution in [1.29, 1.82) is 0 Å². The Kier molecular flexibility index (Phi) is 2.92. The van der Waals surface area contributed by atoms with Gasteiger partial charge in [-0.2, -0.15) is 0 Å². The summed E-state index contributed by atoms with van der Waals surface area (Å²) >= 11 is 3.51. The lowest BCUT2D eigenvalue weighted by Gasteiger charge is -2.04. The average Bonchev–Trinajstić information content (AvgIpc) is 2.67. The molecule has 0 spiro atoms. The van der Waals surface area contributed by atoms with Crippen LogP contribution in [-0.2, 0) is 6.42 Å². The SMILES string of the molecule is Cc1nc2ccc(Br)cn2c1Cc1ccccc1. The molecule has 0 atom stereocenters. The number of halogens is 1. The molecule has 18 heavy (non-hydrogen) atoms. The van der Waals surface area contributed by atoms with Crippen LogP contribution < -0.4 is 0 Å². The number of benzene rings is 1. The summed E-state index contributed by atoms with van der Waals surface area (Å²) in [6.07, 6.45) is 2.98. The molecular formula is C15H13BrN2. The molecule has 2 aromatic heterocycles. The lowest BCUT2D eigenvalue weighted by atomic mass is 10.1. The largest absolute Gasteiger partial charge is 0.302 e. The van der Waals surface area contributed by atoms with E-state index in [0.29, 0.717) is 0 Å². The van der Waals surface area contributed by atoms with Gasteiger partial charge in [0.25, 0.3) is 0 Å². The van der Waals surface area contributed by atoms with Gasteiger partial charge >= 0.3 is 0 Å². The number of rotatable bonds is 2. The highest BCUT2D eigenvalue weighted by atomic mass is 79.9. The van der Waals surface area contributed by atoms with Crippen LogP contribution in [0.5, 0.6) is 0 Å². The van der Waals surface area contributed by atoms with Crippen molar-refractivity contribution in [3.05, 3.63) is 70.1 Å². The third-order valence-electron chi connectivity index (χ3n) is 3.10. The molecule has 0 unspecified atom stereocenters. The van der Waals surface area contributed by atoms with Crippen LogP contribution in [0.2, 0.25) is 0 Å². The van der Waals surface area contributed by atoms with Gasteiger partial charge in [0.15, 0.2) is 0 Å². The highest BCUT2D eigenvalue weighted by Gasteiger charge is 2.09. The molecule has 0 N–H and O–H groups in total. The molecule has 2 nitrogen and oxygen atoms in total. The van der Waals surface area contributed by atoms with Crippen molar-refractivity contribution in [3.8, 4) is 0 Å². The molecule has 3 rings (SSSR count). The normalized spacial score (nSPS) is 11.0. The molecule has 0 aliphatic rings.